The predicted molar refractivity (Wildman–Crippen MR) is 131 cm³/mol. The number of nitrogens with one attached hydrogen (secondary N) is 1. The van der Waals surface area contributed by atoms with Gasteiger partial charge < -0.3 is 9.88 Å². The van der Waals surface area contributed by atoms with E-state index in [2.05, 4.69) is 37.3 Å². The van der Waals surface area contributed by atoms with Crippen LogP contribution in [0.25, 0.3) is 11.2 Å². The van der Waals surface area contributed by atoms with Crippen LogP contribution < -0.4 is 5.32 Å². The second kappa shape index (κ2) is 11.0. The third-order valence-electron chi connectivity index (χ3n) is 5.37. The molecule has 4 rings (SSSR count). The van der Waals surface area contributed by atoms with E-state index in [4.69, 9.17) is 11.6 Å². The second-order valence-corrected chi connectivity index (χ2v) is 8.26. The van der Waals surface area contributed by atoms with Crippen LogP contribution >= 0.6 is 11.6 Å². The van der Waals surface area contributed by atoms with Crippen molar-refractivity contribution in [3.8, 4) is 11.8 Å². The zero-order chi connectivity index (χ0) is 24.8. The summed E-state index contributed by atoms with van der Waals surface area (Å²) >= 11 is 6.09. The minimum atomic E-state index is -0.982. The number of nitrogens with zero attached hydrogens (tertiary/aromatic N) is 5. The largest absolute Gasteiger partial charge is 0.364 e. The molecule has 2 heterocycles. The number of aromatic nitrogens is 4. The number of fused-ring (bicyclic) bond motifs is 1. The van der Waals surface area contributed by atoms with Gasteiger partial charge in [0.1, 0.15) is 0 Å². The Balaban J connectivity index is 1.69. The molecule has 35 heavy (non-hydrogen) atoms. The molecule has 0 saturated heterocycles. The summed E-state index contributed by atoms with van der Waals surface area (Å²) in [7, 11) is 0. The van der Waals surface area contributed by atoms with E-state index in [9.17, 15) is 13.7 Å². The minimum Gasteiger partial charge on any atom is -0.364 e. The molecule has 0 aliphatic heterocycles. The summed E-state index contributed by atoms with van der Waals surface area (Å²) in [5.74, 6) is 4.30. The average Bonchev–Trinajstić information content (AvgIpc) is 3.27. The number of rotatable bonds is 8. The number of hydrogen-bond acceptors (Lipinski definition) is 6. The molecule has 0 fully saturated rings. The van der Waals surface area contributed by atoms with Gasteiger partial charge in [0, 0.05) is 23.7 Å². The fourth-order valence-electron chi connectivity index (χ4n) is 3.44. The van der Waals surface area contributed by atoms with E-state index < -0.39 is 11.6 Å². The molecule has 10 heteroatoms. The number of imidazole rings is 1. The lowest BCUT2D eigenvalue weighted by Crippen LogP contribution is -2.09. The first-order valence-electron chi connectivity index (χ1n) is 11.0. The fourth-order valence-corrected chi connectivity index (χ4v) is 3.65. The molecule has 0 radical (unpaired) electrons. The molecule has 0 spiro atoms. The van der Waals surface area contributed by atoms with Gasteiger partial charge in [-0.1, -0.05) is 41.8 Å². The van der Waals surface area contributed by atoms with Crippen molar-refractivity contribution < 1.29 is 8.78 Å². The summed E-state index contributed by atoms with van der Waals surface area (Å²) in [6.07, 6.45) is 2.81. The summed E-state index contributed by atoms with van der Waals surface area (Å²) in [5.41, 5.74) is 2.31. The molecular formula is C25H21ClF2N6O. The van der Waals surface area contributed by atoms with Crippen LogP contribution in [-0.4, -0.2) is 25.6 Å². The van der Waals surface area contributed by atoms with Gasteiger partial charge >= 0.3 is 0 Å². The van der Waals surface area contributed by atoms with Gasteiger partial charge in [0.15, 0.2) is 28.6 Å². The SMILES string of the molecule is CCC(CCn1cnc2c(NCc3cccc(Cl)c3)nc(C#Cc3ccc(F)c(F)c3)nc21)N=O. The second-order valence-electron chi connectivity index (χ2n) is 7.82. The lowest BCUT2D eigenvalue weighted by molar-refractivity contribution is 0.508. The molecule has 2 aromatic carbocycles. The molecule has 0 amide bonds. The molecule has 4 aromatic rings. The Morgan fingerprint density at radius 2 is 2.00 bits per heavy atom. The van der Waals surface area contributed by atoms with Crippen LogP contribution in [0.1, 0.15) is 36.7 Å². The first-order chi connectivity index (χ1) is 17.0. The van der Waals surface area contributed by atoms with E-state index in [0.717, 1.165) is 17.7 Å². The molecule has 0 saturated carbocycles. The molecule has 7 nitrogen and oxygen atoms in total. The quantitative estimate of drug-likeness (QED) is 0.251. The van der Waals surface area contributed by atoms with Gasteiger partial charge in [0.05, 0.1) is 12.4 Å². The number of aryl methyl sites for hydroxylation is 1. The maximum Gasteiger partial charge on any atom is 0.209 e. The summed E-state index contributed by atoms with van der Waals surface area (Å²) in [6.45, 7) is 2.83. The Bertz CT molecular complexity index is 1430. The van der Waals surface area contributed by atoms with Crippen molar-refractivity contribution in [1.82, 2.24) is 19.5 Å². The van der Waals surface area contributed by atoms with Crippen LogP contribution in [0.3, 0.4) is 0 Å². The molecule has 2 aromatic heterocycles. The summed E-state index contributed by atoms with van der Waals surface area (Å²) in [4.78, 5) is 24.5. The Kier molecular flexibility index (Phi) is 7.63. The monoisotopic (exact) mass is 494 g/mol. The number of hydrogen-bond donors (Lipinski definition) is 1. The molecule has 0 aliphatic rings. The summed E-state index contributed by atoms with van der Waals surface area (Å²) < 4.78 is 28.6. The van der Waals surface area contributed by atoms with Gasteiger partial charge in [-0.05, 0) is 54.7 Å². The van der Waals surface area contributed by atoms with Crippen molar-refractivity contribution in [3.05, 3.63) is 87.3 Å². The molecule has 1 atom stereocenters. The molecule has 1 N–H and O–H groups in total. The van der Waals surface area contributed by atoms with Crippen molar-refractivity contribution >= 4 is 28.6 Å². The highest BCUT2D eigenvalue weighted by Crippen LogP contribution is 2.21. The normalized spacial score (nSPS) is 11.7. The highest BCUT2D eigenvalue weighted by Gasteiger charge is 2.14. The predicted octanol–water partition coefficient (Wildman–Crippen LogP) is 5.70. The van der Waals surface area contributed by atoms with Crippen LogP contribution in [0.5, 0.6) is 0 Å². The van der Waals surface area contributed by atoms with Gasteiger partial charge in [-0.15, -0.1) is 0 Å². The van der Waals surface area contributed by atoms with Crippen LogP contribution in [0.15, 0.2) is 54.0 Å². The highest BCUT2D eigenvalue weighted by atomic mass is 35.5. The average molecular weight is 495 g/mol. The van der Waals surface area contributed by atoms with Gasteiger partial charge in [0.25, 0.3) is 0 Å². The zero-order valence-electron chi connectivity index (χ0n) is 18.8. The molecule has 1 unspecified atom stereocenters. The van der Waals surface area contributed by atoms with Crippen molar-refractivity contribution in [2.45, 2.75) is 38.9 Å². The van der Waals surface area contributed by atoms with Gasteiger partial charge in [-0.25, -0.2) is 23.7 Å². The number of nitroso groups, excluding NO2 is 1. The Hall–Kier alpha value is -3.90. The van der Waals surface area contributed by atoms with Gasteiger partial charge in [0.2, 0.25) is 5.82 Å². The lowest BCUT2D eigenvalue weighted by Gasteiger charge is -2.09. The van der Waals surface area contributed by atoms with E-state index in [1.165, 1.54) is 6.07 Å². The van der Waals surface area contributed by atoms with E-state index >= 15 is 0 Å². The van der Waals surface area contributed by atoms with Crippen LogP contribution in [0.4, 0.5) is 14.6 Å². The smallest absolute Gasteiger partial charge is 0.209 e. The van der Waals surface area contributed by atoms with Crippen molar-refractivity contribution in [3.63, 3.8) is 0 Å². The minimum absolute atomic E-state index is 0.179. The Morgan fingerprint density at radius 1 is 1.14 bits per heavy atom. The molecular weight excluding hydrogens is 474 g/mol. The van der Waals surface area contributed by atoms with E-state index in [1.54, 1.807) is 12.4 Å². The number of halogens is 3. The maximum absolute atomic E-state index is 13.6. The highest BCUT2D eigenvalue weighted by molar-refractivity contribution is 6.30. The standard InChI is InChI=1S/C25H21ClF2N6O/c1-2-19(33-35)10-11-34-15-30-23-24(29-14-17-4-3-5-18(26)12-17)31-22(32-25(23)34)9-7-16-6-8-20(27)21(28)13-16/h3-6,8,12-13,15,19H,2,10-11,14H2,1H3,(H,29,31,32). The van der Waals surface area contributed by atoms with E-state index in [-0.39, 0.29) is 17.4 Å². The molecule has 0 bridgehead atoms. The van der Waals surface area contributed by atoms with Crippen molar-refractivity contribution in [2.75, 3.05) is 5.32 Å². The third-order valence-corrected chi connectivity index (χ3v) is 5.61. The van der Waals surface area contributed by atoms with Gasteiger partial charge in [-0.3, -0.25) is 0 Å². The first-order valence-corrected chi connectivity index (χ1v) is 11.4. The summed E-state index contributed by atoms with van der Waals surface area (Å²) in [6, 6.07) is 10.5. The van der Waals surface area contributed by atoms with Gasteiger partial charge in [-0.2, -0.15) is 4.91 Å². The maximum atomic E-state index is 13.6. The topological polar surface area (TPSA) is 85.1 Å². The first kappa shape index (κ1) is 24.2. The van der Waals surface area contributed by atoms with E-state index in [0.29, 0.717) is 47.9 Å². The van der Waals surface area contributed by atoms with Crippen LogP contribution in [0, 0.1) is 28.4 Å². The third kappa shape index (κ3) is 5.97. The lowest BCUT2D eigenvalue weighted by atomic mass is 10.2. The van der Waals surface area contributed by atoms with Crippen molar-refractivity contribution in [1.29, 1.82) is 0 Å². The zero-order valence-corrected chi connectivity index (χ0v) is 19.6. The Labute approximate surface area is 205 Å². The Morgan fingerprint density at radius 3 is 2.74 bits per heavy atom. The van der Waals surface area contributed by atoms with Crippen LogP contribution in [-0.2, 0) is 13.1 Å². The summed E-state index contributed by atoms with van der Waals surface area (Å²) in [5, 5.41) is 7.02. The van der Waals surface area contributed by atoms with Crippen LogP contribution in [0.2, 0.25) is 5.02 Å². The number of anilines is 1. The molecule has 178 valence electrons. The van der Waals surface area contributed by atoms with E-state index in [1.807, 2.05) is 29.7 Å². The molecule has 0 aliphatic carbocycles. The van der Waals surface area contributed by atoms with Crippen molar-refractivity contribution in [2.24, 2.45) is 5.18 Å². The number of benzene rings is 2. The fraction of sp³-hybridized carbons (Fsp3) is 0.240.